The van der Waals surface area contributed by atoms with Crippen LogP contribution in [0, 0.1) is 5.92 Å². The van der Waals surface area contributed by atoms with Gasteiger partial charge in [-0.2, -0.15) is 0 Å². The lowest BCUT2D eigenvalue weighted by Gasteiger charge is -2.24. The summed E-state index contributed by atoms with van der Waals surface area (Å²) < 4.78 is 30.3. The van der Waals surface area contributed by atoms with Crippen LogP contribution in [0.3, 0.4) is 0 Å². The van der Waals surface area contributed by atoms with Gasteiger partial charge in [0.15, 0.2) is 21.5 Å². The van der Waals surface area contributed by atoms with Crippen molar-refractivity contribution in [1.29, 1.82) is 0 Å². The highest BCUT2D eigenvalue weighted by molar-refractivity contribution is 7.91. The third kappa shape index (κ3) is 6.40. The van der Waals surface area contributed by atoms with E-state index in [0.29, 0.717) is 23.9 Å². The predicted molar refractivity (Wildman–Crippen MR) is 125 cm³/mol. The van der Waals surface area contributed by atoms with E-state index in [4.69, 9.17) is 10.2 Å². The molecule has 0 aliphatic heterocycles. The number of oxazole rings is 1. The molecule has 8 nitrogen and oxygen atoms in total. The summed E-state index contributed by atoms with van der Waals surface area (Å²) >= 11 is 0. The van der Waals surface area contributed by atoms with Crippen molar-refractivity contribution in [2.45, 2.75) is 43.9 Å². The van der Waals surface area contributed by atoms with Gasteiger partial charge in [-0.25, -0.2) is 13.4 Å². The van der Waals surface area contributed by atoms with E-state index in [2.05, 4.69) is 10.3 Å². The van der Waals surface area contributed by atoms with Gasteiger partial charge in [-0.1, -0.05) is 42.5 Å². The molecule has 1 saturated carbocycles. The highest BCUT2D eigenvalue weighted by Crippen LogP contribution is 2.30. The normalized spacial score (nSPS) is 16.9. The Morgan fingerprint density at radius 1 is 1.15 bits per heavy atom. The highest BCUT2D eigenvalue weighted by Gasteiger charge is 2.33. The Morgan fingerprint density at radius 2 is 1.85 bits per heavy atom. The fourth-order valence-corrected chi connectivity index (χ4v) is 5.70. The standard InChI is InChI=1S/C24H29N3O5S/c25-18(15-33(30,31)14-17-10-11-17)23(29)26-20(13-12-16-6-2-1-3-7-16)22(28)24-27-19-8-4-5-9-21(19)32-24/h1-9,17-18,20,22,28H,10-15,25H2,(H,26,29)/t18?,20-,22?/m0/s1. The van der Waals surface area contributed by atoms with Crippen molar-refractivity contribution in [2.75, 3.05) is 11.5 Å². The van der Waals surface area contributed by atoms with E-state index in [1.54, 1.807) is 18.2 Å². The summed E-state index contributed by atoms with van der Waals surface area (Å²) in [6.45, 7) is 0. The second-order valence-corrected chi connectivity index (χ2v) is 10.9. The average molecular weight is 472 g/mol. The molecule has 1 fully saturated rings. The van der Waals surface area contributed by atoms with E-state index in [0.717, 1.165) is 18.4 Å². The van der Waals surface area contributed by atoms with Gasteiger partial charge in [0.05, 0.1) is 23.6 Å². The van der Waals surface area contributed by atoms with Gasteiger partial charge in [-0.15, -0.1) is 0 Å². The SMILES string of the molecule is NC(CS(=O)(=O)CC1CC1)C(=O)N[C@@H](CCc1ccccc1)C(O)c1nc2ccccc2o1. The van der Waals surface area contributed by atoms with Crippen molar-refractivity contribution >= 4 is 26.8 Å². The van der Waals surface area contributed by atoms with Gasteiger partial charge in [0.25, 0.3) is 0 Å². The Labute approximate surface area is 193 Å². The quantitative estimate of drug-likeness (QED) is 0.390. The molecule has 33 heavy (non-hydrogen) atoms. The van der Waals surface area contributed by atoms with Crippen LogP contribution in [0.25, 0.3) is 11.1 Å². The Balaban J connectivity index is 1.47. The molecule has 9 heteroatoms. The van der Waals surface area contributed by atoms with Crippen LogP contribution < -0.4 is 11.1 Å². The molecular weight excluding hydrogens is 442 g/mol. The van der Waals surface area contributed by atoms with Crippen LogP contribution in [0.4, 0.5) is 0 Å². The number of nitrogens with two attached hydrogens (primary N) is 1. The number of aromatic nitrogens is 1. The number of hydrogen-bond acceptors (Lipinski definition) is 7. The Kier molecular flexibility index (Phi) is 7.11. The molecule has 0 saturated heterocycles. The monoisotopic (exact) mass is 471 g/mol. The lowest BCUT2D eigenvalue weighted by molar-refractivity contribution is -0.123. The number of rotatable bonds is 11. The molecular formula is C24H29N3O5S. The summed E-state index contributed by atoms with van der Waals surface area (Å²) in [6, 6.07) is 14.8. The number of aryl methyl sites for hydroxylation is 1. The summed E-state index contributed by atoms with van der Waals surface area (Å²) in [5, 5.41) is 13.8. The first-order valence-electron chi connectivity index (χ1n) is 11.1. The lowest BCUT2D eigenvalue weighted by Crippen LogP contribution is -2.50. The number of para-hydroxylation sites is 2. The van der Waals surface area contributed by atoms with Crippen molar-refractivity contribution in [3.8, 4) is 0 Å². The number of benzene rings is 2. The minimum Gasteiger partial charge on any atom is -0.438 e. The molecule has 0 radical (unpaired) electrons. The van der Waals surface area contributed by atoms with Crippen molar-refractivity contribution in [2.24, 2.45) is 11.7 Å². The number of nitrogens with one attached hydrogen (secondary N) is 1. The third-order valence-electron chi connectivity index (χ3n) is 5.82. The fraction of sp³-hybridized carbons (Fsp3) is 0.417. The number of carbonyl (C=O) groups excluding carboxylic acids is 1. The zero-order valence-corrected chi connectivity index (χ0v) is 19.1. The van der Waals surface area contributed by atoms with E-state index in [1.807, 2.05) is 36.4 Å². The number of aliphatic hydroxyl groups excluding tert-OH is 1. The van der Waals surface area contributed by atoms with Gasteiger partial charge in [-0.05, 0) is 49.3 Å². The highest BCUT2D eigenvalue weighted by atomic mass is 32.2. The Morgan fingerprint density at radius 3 is 2.55 bits per heavy atom. The van der Waals surface area contributed by atoms with Crippen LogP contribution in [-0.2, 0) is 21.1 Å². The zero-order valence-electron chi connectivity index (χ0n) is 18.3. The van der Waals surface area contributed by atoms with Crippen molar-refractivity contribution in [3.63, 3.8) is 0 Å². The molecule has 1 aromatic heterocycles. The molecule has 3 aromatic rings. The minimum atomic E-state index is -3.42. The van der Waals surface area contributed by atoms with Gasteiger partial charge < -0.3 is 20.6 Å². The molecule has 1 aliphatic carbocycles. The molecule has 0 spiro atoms. The molecule has 4 rings (SSSR count). The smallest absolute Gasteiger partial charge is 0.238 e. The van der Waals surface area contributed by atoms with E-state index >= 15 is 0 Å². The summed E-state index contributed by atoms with van der Waals surface area (Å²) in [5.41, 5.74) is 8.11. The van der Waals surface area contributed by atoms with Crippen LogP contribution in [0.2, 0.25) is 0 Å². The molecule has 0 bridgehead atoms. The molecule has 2 aromatic carbocycles. The molecule has 4 N–H and O–H groups in total. The van der Waals surface area contributed by atoms with Gasteiger partial charge >= 0.3 is 0 Å². The van der Waals surface area contributed by atoms with Crippen molar-refractivity contribution in [1.82, 2.24) is 10.3 Å². The molecule has 1 amide bonds. The average Bonchev–Trinajstić information content (AvgIpc) is 3.48. The Hall–Kier alpha value is -2.75. The second-order valence-electron chi connectivity index (χ2n) is 8.73. The maximum absolute atomic E-state index is 12.8. The lowest BCUT2D eigenvalue weighted by atomic mass is 10.0. The van der Waals surface area contributed by atoms with Crippen LogP contribution in [0.1, 0.15) is 36.8 Å². The number of amides is 1. The van der Waals surface area contributed by atoms with E-state index < -0.39 is 39.7 Å². The minimum absolute atomic E-state index is 0.0664. The van der Waals surface area contributed by atoms with Crippen LogP contribution >= 0.6 is 0 Å². The largest absolute Gasteiger partial charge is 0.438 e. The van der Waals surface area contributed by atoms with Gasteiger partial charge in [0.2, 0.25) is 11.8 Å². The number of sulfone groups is 1. The molecule has 2 unspecified atom stereocenters. The second kappa shape index (κ2) is 10.0. The number of aliphatic hydroxyl groups is 1. The first kappa shape index (κ1) is 23.4. The predicted octanol–water partition coefficient (Wildman–Crippen LogP) is 2.13. The van der Waals surface area contributed by atoms with Crippen LogP contribution in [0.15, 0.2) is 59.0 Å². The fourth-order valence-electron chi connectivity index (χ4n) is 3.82. The zero-order chi connectivity index (χ0) is 23.4. The van der Waals surface area contributed by atoms with Gasteiger partial charge in [0.1, 0.15) is 5.52 Å². The van der Waals surface area contributed by atoms with Crippen LogP contribution in [0.5, 0.6) is 0 Å². The van der Waals surface area contributed by atoms with E-state index in [9.17, 15) is 18.3 Å². The summed E-state index contributed by atoms with van der Waals surface area (Å²) in [4.78, 5) is 17.1. The molecule has 1 heterocycles. The van der Waals surface area contributed by atoms with Crippen molar-refractivity contribution < 1.29 is 22.7 Å². The van der Waals surface area contributed by atoms with Gasteiger partial charge in [-0.3, -0.25) is 4.79 Å². The topological polar surface area (TPSA) is 136 Å². The van der Waals surface area contributed by atoms with E-state index in [-0.39, 0.29) is 17.6 Å². The third-order valence-corrected chi connectivity index (χ3v) is 7.66. The molecule has 176 valence electrons. The first-order chi connectivity index (χ1) is 15.8. The summed E-state index contributed by atoms with van der Waals surface area (Å²) in [5.74, 6) is -0.701. The first-order valence-corrected chi connectivity index (χ1v) is 13.0. The van der Waals surface area contributed by atoms with Gasteiger partial charge in [0, 0.05) is 0 Å². The van der Waals surface area contributed by atoms with E-state index in [1.165, 1.54) is 0 Å². The summed E-state index contributed by atoms with van der Waals surface area (Å²) in [7, 11) is -3.42. The Bertz CT molecular complexity index is 1160. The van der Waals surface area contributed by atoms with Crippen LogP contribution in [-0.4, -0.2) is 48.0 Å². The number of fused-ring (bicyclic) bond motifs is 1. The number of carbonyl (C=O) groups is 1. The number of nitrogens with zero attached hydrogens (tertiary/aromatic N) is 1. The maximum Gasteiger partial charge on any atom is 0.238 e. The summed E-state index contributed by atoms with van der Waals surface area (Å²) in [6.07, 6.45) is 1.55. The maximum atomic E-state index is 12.8. The number of hydrogen-bond donors (Lipinski definition) is 3. The molecule has 3 atom stereocenters. The van der Waals surface area contributed by atoms with Crippen molar-refractivity contribution in [3.05, 3.63) is 66.1 Å². The molecule has 1 aliphatic rings.